The first kappa shape index (κ1) is 14.6. The van der Waals surface area contributed by atoms with Gasteiger partial charge in [-0.25, -0.2) is 4.79 Å². The summed E-state index contributed by atoms with van der Waals surface area (Å²) in [4.78, 5) is 13.9. The van der Waals surface area contributed by atoms with Crippen LogP contribution in [0.3, 0.4) is 0 Å². The molecule has 110 valence electrons. The fraction of sp³-hybridized carbons (Fsp3) is 0.600. The summed E-state index contributed by atoms with van der Waals surface area (Å²) in [5.74, 6) is 0.275. The predicted molar refractivity (Wildman–Crippen MR) is 75.2 cm³/mol. The Bertz CT molecular complexity index is 465. The third-order valence-corrected chi connectivity index (χ3v) is 3.37. The van der Waals surface area contributed by atoms with E-state index < -0.39 is 5.60 Å². The monoisotopic (exact) mass is 278 g/mol. The number of hydrogen-bond acceptors (Lipinski definition) is 3. The topological polar surface area (TPSA) is 56.5 Å². The van der Waals surface area contributed by atoms with Gasteiger partial charge in [0.2, 0.25) is 0 Å². The van der Waals surface area contributed by atoms with Crippen LogP contribution in [-0.4, -0.2) is 29.7 Å². The number of rotatable bonds is 1. The van der Waals surface area contributed by atoms with Crippen LogP contribution in [0.5, 0.6) is 0 Å². The van der Waals surface area contributed by atoms with Gasteiger partial charge in [-0.15, -0.1) is 0 Å². The summed E-state index contributed by atoms with van der Waals surface area (Å²) in [6, 6.07) is 3.66. The SMILES string of the molecule is CC(C)(C)OC(=O)N1CCCC(c2cc[n+]([O-])cc2)C1. The number of carbonyl (C=O) groups excluding carboxylic acids is 1. The summed E-state index contributed by atoms with van der Waals surface area (Å²) >= 11 is 0. The smallest absolute Gasteiger partial charge is 0.410 e. The molecule has 1 aromatic rings. The molecule has 20 heavy (non-hydrogen) atoms. The van der Waals surface area contributed by atoms with Gasteiger partial charge in [0.25, 0.3) is 0 Å². The molecule has 0 N–H and O–H groups in total. The lowest BCUT2D eigenvalue weighted by atomic mass is 9.91. The second kappa shape index (κ2) is 5.69. The molecule has 0 bridgehead atoms. The number of nitrogens with zero attached hydrogens (tertiary/aromatic N) is 2. The third kappa shape index (κ3) is 3.85. The van der Waals surface area contributed by atoms with Crippen LogP contribution >= 0.6 is 0 Å². The van der Waals surface area contributed by atoms with Gasteiger partial charge in [-0.3, -0.25) is 0 Å². The van der Waals surface area contributed by atoms with E-state index in [1.54, 1.807) is 4.90 Å². The maximum absolute atomic E-state index is 12.1. The summed E-state index contributed by atoms with van der Waals surface area (Å²) in [6.45, 7) is 7.00. The molecule has 1 aromatic heterocycles. The Morgan fingerprint density at radius 2 is 2.05 bits per heavy atom. The van der Waals surface area contributed by atoms with Crippen molar-refractivity contribution >= 4 is 6.09 Å². The Morgan fingerprint density at radius 1 is 1.40 bits per heavy atom. The molecule has 1 saturated heterocycles. The number of pyridine rings is 1. The number of hydrogen-bond donors (Lipinski definition) is 0. The summed E-state index contributed by atoms with van der Waals surface area (Å²) in [7, 11) is 0. The summed E-state index contributed by atoms with van der Waals surface area (Å²) in [5, 5.41) is 11.1. The van der Waals surface area contributed by atoms with Gasteiger partial charge in [-0.05, 0) is 39.2 Å². The highest BCUT2D eigenvalue weighted by Crippen LogP contribution is 2.27. The Kier molecular flexibility index (Phi) is 4.16. The van der Waals surface area contributed by atoms with E-state index >= 15 is 0 Å². The minimum absolute atomic E-state index is 0.253. The Balaban J connectivity index is 2.01. The van der Waals surface area contributed by atoms with Crippen molar-refractivity contribution in [3.63, 3.8) is 0 Å². The van der Waals surface area contributed by atoms with Gasteiger partial charge in [0.05, 0.1) is 0 Å². The van der Waals surface area contributed by atoms with Crippen LogP contribution in [0.4, 0.5) is 4.79 Å². The highest BCUT2D eigenvalue weighted by molar-refractivity contribution is 5.68. The summed E-state index contributed by atoms with van der Waals surface area (Å²) < 4.78 is 6.19. The van der Waals surface area contributed by atoms with Gasteiger partial charge in [-0.2, -0.15) is 4.73 Å². The molecule has 0 saturated carbocycles. The molecule has 5 nitrogen and oxygen atoms in total. The van der Waals surface area contributed by atoms with Crippen molar-refractivity contribution in [3.8, 4) is 0 Å². The molecule has 2 rings (SSSR count). The number of carbonyl (C=O) groups is 1. The molecule has 1 unspecified atom stereocenters. The van der Waals surface area contributed by atoms with Crippen LogP contribution in [0.15, 0.2) is 24.5 Å². The molecule has 0 aromatic carbocycles. The molecule has 5 heteroatoms. The lowest BCUT2D eigenvalue weighted by Crippen LogP contribution is -2.42. The van der Waals surface area contributed by atoms with E-state index in [0.29, 0.717) is 6.54 Å². The van der Waals surface area contributed by atoms with Gasteiger partial charge < -0.3 is 14.8 Å². The van der Waals surface area contributed by atoms with Gasteiger partial charge in [0.1, 0.15) is 5.60 Å². The van der Waals surface area contributed by atoms with Crippen molar-refractivity contribution in [2.24, 2.45) is 0 Å². The average Bonchev–Trinajstić information content (AvgIpc) is 2.38. The quantitative estimate of drug-likeness (QED) is 0.585. The van der Waals surface area contributed by atoms with Crippen molar-refractivity contribution in [1.29, 1.82) is 0 Å². The molecule has 0 aliphatic carbocycles. The Hall–Kier alpha value is -1.78. The van der Waals surface area contributed by atoms with Gasteiger partial charge in [0.15, 0.2) is 12.4 Å². The van der Waals surface area contributed by atoms with Gasteiger partial charge >= 0.3 is 6.09 Å². The second-order valence-corrected chi connectivity index (χ2v) is 6.26. The van der Waals surface area contributed by atoms with Crippen LogP contribution in [0.2, 0.25) is 0 Å². The van der Waals surface area contributed by atoms with E-state index in [9.17, 15) is 10.0 Å². The van der Waals surface area contributed by atoms with Crippen LogP contribution in [0.25, 0.3) is 0 Å². The molecule has 1 atom stereocenters. The van der Waals surface area contributed by atoms with Gasteiger partial charge in [-0.1, -0.05) is 0 Å². The molecule has 1 amide bonds. The highest BCUT2D eigenvalue weighted by atomic mass is 16.6. The van der Waals surface area contributed by atoms with Crippen molar-refractivity contribution in [2.45, 2.75) is 45.1 Å². The summed E-state index contributed by atoms with van der Waals surface area (Å²) in [6.07, 6.45) is 4.74. The van der Waals surface area contributed by atoms with Crippen LogP contribution in [-0.2, 0) is 4.74 Å². The Morgan fingerprint density at radius 3 is 2.65 bits per heavy atom. The molecule has 1 aliphatic rings. The zero-order valence-electron chi connectivity index (χ0n) is 12.3. The van der Waals surface area contributed by atoms with E-state index in [-0.39, 0.29) is 12.0 Å². The number of aromatic nitrogens is 1. The largest absolute Gasteiger partial charge is 0.619 e. The minimum Gasteiger partial charge on any atom is -0.619 e. The van der Waals surface area contributed by atoms with Crippen molar-refractivity contribution < 1.29 is 14.3 Å². The van der Waals surface area contributed by atoms with E-state index in [0.717, 1.165) is 29.7 Å². The van der Waals surface area contributed by atoms with Crippen LogP contribution in [0.1, 0.15) is 45.1 Å². The van der Waals surface area contributed by atoms with Crippen LogP contribution < -0.4 is 4.73 Å². The van der Waals surface area contributed by atoms with E-state index in [1.807, 2.05) is 32.9 Å². The average molecular weight is 278 g/mol. The lowest BCUT2D eigenvalue weighted by molar-refractivity contribution is -0.605. The first-order valence-electron chi connectivity index (χ1n) is 7.02. The number of ether oxygens (including phenoxy) is 1. The number of likely N-dealkylation sites (tertiary alicyclic amines) is 1. The fourth-order valence-corrected chi connectivity index (χ4v) is 2.44. The van der Waals surface area contributed by atoms with E-state index in [4.69, 9.17) is 4.74 Å². The third-order valence-electron chi connectivity index (χ3n) is 3.37. The Labute approximate surface area is 119 Å². The fourth-order valence-electron chi connectivity index (χ4n) is 2.44. The molecular formula is C15H22N2O3. The van der Waals surface area contributed by atoms with Gasteiger partial charge in [0, 0.05) is 31.1 Å². The number of piperidine rings is 1. The highest BCUT2D eigenvalue weighted by Gasteiger charge is 2.28. The minimum atomic E-state index is -0.467. The van der Waals surface area contributed by atoms with Crippen LogP contribution in [0, 0.1) is 5.21 Å². The molecule has 2 heterocycles. The maximum atomic E-state index is 12.1. The molecule has 0 spiro atoms. The zero-order chi connectivity index (χ0) is 14.8. The standard InChI is InChI=1S/C15H22N2O3/c1-15(2,3)20-14(18)16-8-4-5-13(11-16)12-6-9-17(19)10-7-12/h6-7,9-10,13H,4-5,8,11H2,1-3H3. The van der Waals surface area contributed by atoms with E-state index in [1.165, 1.54) is 12.4 Å². The first-order valence-corrected chi connectivity index (χ1v) is 7.02. The lowest BCUT2D eigenvalue weighted by Gasteiger charge is -2.34. The second-order valence-electron chi connectivity index (χ2n) is 6.26. The maximum Gasteiger partial charge on any atom is 0.410 e. The van der Waals surface area contributed by atoms with Crippen molar-refractivity contribution in [2.75, 3.05) is 13.1 Å². The summed E-state index contributed by atoms with van der Waals surface area (Å²) in [5.41, 5.74) is 0.635. The predicted octanol–water partition coefficient (Wildman–Crippen LogP) is 2.43. The first-order chi connectivity index (χ1) is 9.35. The molecule has 1 fully saturated rings. The molecular weight excluding hydrogens is 256 g/mol. The number of amides is 1. The normalized spacial score (nSPS) is 19.8. The van der Waals surface area contributed by atoms with Crippen molar-refractivity contribution in [1.82, 2.24) is 4.90 Å². The van der Waals surface area contributed by atoms with E-state index in [2.05, 4.69) is 0 Å². The molecule has 1 aliphatic heterocycles. The molecule has 0 radical (unpaired) electrons. The van der Waals surface area contributed by atoms with Crippen molar-refractivity contribution in [3.05, 3.63) is 35.3 Å². The zero-order valence-corrected chi connectivity index (χ0v) is 12.3.